The summed E-state index contributed by atoms with van der Waals surface area (Å²) < 4.78 is 0. The fourth-order valence-corrected chi connectivity index (χ4v) is 3.35. The lowest BCUT2D eigenvalue weighted by molar-refractivity contribution is 0.792. The lowest BCUT2D eigenvalue weighted by Crippen LogP contribution is -2.05. The van der Waals surface area contributed by atoms with Crippen molar-refractivity contribution < 1.29 is 0 Å². The van der Waals surface area contributed by atoms with E-state index in [1.165, 1.54) is 39.2 Å². The Morgan fingerprint density at radius 1 is 0.818 bits per heavy atom. The van der Waals surface area contributed by atoms with Gasteiger partial charge in [-0.2, -0.15) is 0 Å². The summed E-state index contributed by atoms with van der Waals surface area (Å²) in [5.41, 5.74) is 9.31. The van der Waals surface area contributed by atoms with E-state index in [-0.39, 0.29) is 0 Å². The molecule has 2 aromatic carbocycles. The molecule has 0 amide bonds. The Bertz CT molecular complexity index is 643. The molecule has 0 aliphatic rings. The standard InChI is InChI=1S/C21H29N/c1-13(2)18-9-8-10-19(20(18)14(3)4)22-21-16(6)11-15(5)12-17(21)7/h8-14,22H,1-7H3. The van der Waals surface area contributed by atoms with E-state index in [1.54, 1.807) is 0 Å². The fraction of sp³-hybridized carbons (Fsp3) is 0.429. The van der Waals surface area contributed by atoms with Gasteiger partial charge in [-0.3, -0.25) is 0 Å². The first kappa shape index (κ1) is 16.6. The van der Waals surface area contributed by atoms with E-state index in [2.05, 4.69) is 84.1 Å². The molecule has 22 heavy (non-hydrogen) atoms. The molecule has 0 aromatic heterocycles. The van der Waals surface area contributed by atoms with Crippen molar-refractivity contribution in [3.8, 4) is 0 Å². The van der Waals surface area contributed by atoms with Crippen molar-refractivity contribution in [2.45, 2.75) is 60.3 Å². The molecule has 1 heteroatoms. The van der Waals surface area contributed by atoms with Crippen LogP contribution in [-0.2, 0) is 0 Å². The molecule has 0 radical (unpaired) electrons. The van der Waals surface area contributed by atoms with Crippen LogP contribution in [0.1, 0.15) is 67.3 Å². The highest BCUT2D eigenvalue weighted by atomic mass is 14.9. The Kier molecular flexibility index (Phi) is 4.95. The minimum Gasteiger partial charge on any atom is -0.355 e. The Labute approximate surface area is 135 Å². The molecule has 0 unspecified atom stereocenters. The monoisotopic (exact) mass is 295 g/mol. The van der Waals surface area contributed by atoms with Gasteiger partial charge < -0.3 is 5.32 Å². The van der Waals surface area contributed by atoms with Gasteiger partial charge in [0.2, 0.25) is 0 Å². The molecule has 0 saturated heterocycles. The van der Waals surface area contributed by atoms with E-state index in [1.807, 2.05) is 0 Å². The van der Waals surface area contributed by atoms with E-state index >= 15 is 0 Å². The Hall–Kier alpha value is -1.76. The zero-order valence-electron chi connectivity index (χ0n) is 15.0. The molecule has 0 aliphatic carbocycles. The maximum Gasteiger partial charge on any atom is 0.0443 e. The first-order chi connectivity index (χ1) is 10.3. The Morgan fingerprint density at radius 3 is 1.91 bits per heavy atom. The van der Waals surface area contributed by atoms with Crippen LogP contribution in [0.4, 0.5) is 11.4 Å². The maximum absolute atomic E-state index is 3.71. The molecular weight excluding hydrogens is 266 g/mol. The van der Waals surface area contributed by atoms with Gasteiger partial charge >= 0.3 is 0 Å². The predicted molar refractivity (Wildman–Crippen MR) is 98.6 cm³/mol. The topological polar surface area (TPSA) is 12.0 Å². The van der Waals surface area contributed by atoms with Crippen LogP contribution < -0.4 is 5.32 Å². The average Bonchev–Trinajstić information content (AvgIpc) is 2.42. The van der Waals surface area contributed by atoms with Gasteiger partial charge in [0.15, 0.2) is 0 Å². The molecule has 0 heterocycles. The van der Waals surface area contributed by atoms with Gasteiger partial charge in [0.25, 0.3) is 0 Å². The Balaban J connectivity index is 2.53. The number of nitrogens with one attached hydrogen (secondary N) is 1. The van der Waals surface area contributed by atoms with Crippen molar-refractivity contribution in [1.82, 2.24) is 0 Å². The summed E-state index contributed by atoms with van der Waals surface area (Å²) in [5.74, 6) is 1.05. The number of benzene rings is 2. The summed E-state index contributed by atoms with van der Waals surface area (Å²) in [6.07, 6.45) is 0. The number of aryl methyl sites for hydroxylation is 3. The molecule has 2 aromatic rings. The van der Waals surface area contributed by atoms with Crippen LogP contribution >= 0.6 is 0 Å². The van der Waals surface area contributed by atoms with E-state index in [9.17, 15) is 0 Å². The van der Waals surface area contributed by atoms with Crippen LogP contribution in [-0.4, -0.2) is 0 Å². The van der Waals surface area contributed by atoms with Gasteiger partial charge in [-0.25, -0.2) is 0 Å². The summed E-state index contributed by atoms with van der Waals surface area (Å²) in [5, 5.41) is 3.71. The highest BCUT2D eigenvalue weighted by molar-refractivity contribution is 5.71. The summed E-state index contributed by atoms with van der Waals surface area (Å²) >= 11 is 0. The largest absolute Gasteiger partial charge is 0.355 e. The normalized spacial score (nSPS) is 11.3. The number of anilines is 2. The second-order valence-corrected chi connectivity index (χ2v) is 7.02. The smallest absolute Gasteiger partial charge is 0.0443 e. The van der Waals surface area contributed by atoms with Gasteiger partial charge in [0.1, 0.15) is 0 Å². The van der Waals surface area contributed by atoms with Gasteiger partial charge in [-0.05, 0) is 60.9 Å². The molecule has 0 fully saturated rings. The second-order valence-electron chi connectivity index (χ2n) is 7.02. The van der Waals surface area contributed by atoms with Crippen LogP contribution in [0.5, 0.6) is 0 Å². The zero-order valence-corrected chi connectivity index (χ0v) is 15.0. The van der Waals surface area contributed by atoms with Crippen molar-refractivity contribution in [2.75, 3.05) is 5.32 Å². The second kappa shape index (κ2) is 6.56. The summed E-state index contributed by atoms with van der Waals surface area (Å²) in [6, 6.07) is 11.1. The molecule has 118 valence electrons. The van der Waals surface area contributed by atoms with Gasteiger partial charge in [0, 0.05) is 11.4 Å². The highest BCUT2D eigenvalue weighted by Crippen LogP contribution is 2.35. The quantitative estimate of drug-likeness (QED) is 0.669. The summed E-state index contributed by atoms with van der Waals surface area (Å²) in [4.78, 5) is 0. The SMILES string of the molecule is Cc1cc(C)c(Nc2cccc(C(C)C)c2C(C)C)c(C)c1. The van der Waals surface area contributed by atoms with Crippen LogP contribution in [0.15, 0.2) is 30.3 Å². The molecule has 0 spiro atoms. The van der Waals surface area contributed by atoms with Crippen LogP contribution in [0.2, 0.25) is 0 Å². The third-order valence-corrected chi connectivity index (χ3v) is 4.28. The number of rotatable bonds is 4. The number of hydrogen-bond acceptors (Lipinski definition) is 1. The van der Waals surface area contributed by atoms with Crippen LogP contribution in [0, 0.1) is 20.8 Å². The summed E-state index contributed by atoms with van der Waals surface area (Å²) in [7, 11) is 0. The molecule has 1 N–H and O–H groups in total. The fourth-order valence-electron chi connectivity index (χ4n) is 3.35. The number of hydrogen-bond donors (Lipinski definition) is 1. The van der Waals surface area contributed by atoms with Gasteiger partial charge in [-0.15, -0.1) is 0 Å². The summed E-state index contributed by atoms with van der Waals surface area (Å²) in [6.45, 7) is 15.6. The molecule has 2 rings (SSSR count). The first-order valence-electron chi connectivity index (χ1n) is 8.29. The minimum absolute atomic E-state index is 0.507. The molecular formula is C21H29N. The van der Waals surface area contributed by atoms with Crippen molar-refractivity contribution in [2.24, 2.45) is 0 Å². The van der Waals surface area contributed by atoms with E-state index in [0.29, 0.717) is 11.8 Å². The first-order valence-corrected chi connectivity index (χ1v) is 8.29. The Morgan fingerprint density at radius 2 is 1.41 bits per heavy atom. The molecule has 0 aliphatic heterocycles. The third kappa shape index (κ3) is 3.35. The van der Waals surface area contributed by atoms with Crippen molar-refractivity contribution in [3.63, 3.8) is 0 Å². The molecule has 0 saturated carbocycles. The van der Waals surface area contributed by atoms with Gasteiger partial charge in [0.05, 0.1) is 0 Å². The van der Waals surface area contributed by atoms with Crippen LogP contribution in [0.25, 0.3) is 0 Å². The average molecular weight is 295 g/mol. The molecule has 1 nitrogen and oxygen atoms in total. The third-order valence-electron chi connectivity index (χ3n) is 4.28. The zero-order chi connectivity index (χ0) is 16.4. The van der Waals surface area contributed by atoms with Crippen molar-refractivity contribution >= 4 is 11.4 Å². The predicted octanol–water partition coefficient (Wildman–Crippen LogP) is 6.60. The van der Waals surface area contributed by atoms with Gasteiger partial charge in [-0.1, -0.05) is 57.5 Å². The lowest BCUT2D eigenvalue weighted by Gasteiger charge is -2.23. The highest BCUT2D eigenvalue weighted by Gasteiger charge is 2.15. The maximum atomic E-state index is 3.71. The lowest BCUT2D eigenvalue weighted by atomic mass is 9.89. The van der Waals surface area contributed by atoms with E-state index in [0.717, 1.165) is 0 Å². The van der Waals surface area contributed by atoms with E-state index < -0.39 is 0 Å². The minimum atomic E-state index is 0.507. The van der Waals surface area contributed by atoms with Crippen LogP contribution in [0.3, 0.4) is 0 Å². The van der Waals surface area contributed by atoms with Crippen molar-refractivity contribution in [1.29, 1.82) is 0 Å². The molecule has 0 atom stereocenters. The van der Waals surface area contributed by atoms with Crippen molar-refractivity contribution in [3.05, 3.63) is 58.1 Å². The van der Waals surface area contributed by atoms with E-state index in [4.69, 9.17) is 0 Å². The molecule has 0 bridgehead atoms.